The van der Waals surface area contributed by atoms with E-state index in [-0.39, 0.29) is 0 Å². The Labute approximate surface area is 909 Å². The molecule has 28 aromatic carbocycles. The first-order chi connectivity index (χ1) is 103. The summed E-state index contributed by atoms with van der Waals surface area (Å²) in [4.78, 5) is 0. The Hall–Kier alpha value is -17.7. The highest BCUT2D eigenvalue weighted by atomic mass is 14.3. The summed E-state index contributed by atoms with van der Waals surface area (Å²) in [5.74, 6) is 0. The van der Waals surface area contributed by atoms with Gasteiger partial charge >= 0.3 is 0 Å². The molecule has 0 atom stereocenters. The van der Waals surface area contributed by atoms with Crippen LogP contribution in [0.5, 0.6) is 0 Å². The van der Waals surface area contributed by atoms with Gasteiger partial charge in [-0.3, -0.25) is 0 Å². The molecule has 28 aromatic rings. The molecule has 0 nitrogen and oxygen atoms in total. The molecule has 136 heavy (non-hydrogen) atoms. The maximum Gasteiger partial charge on any atom is 0.0636 e. The Kier molecular flexibility index (Phi) is 7.58. The fraction of sp³-hybridized carbons (Fsp3) is 0. The van der Waals surface area contributed by atoms with Crippen molar-refractivity contribution in [2.24, 2.45) is 0 Å². The summed E-state index contributed by atoms with van der Waals surface area (Å²) >= 11 is 0. The third-order valence-electron chi connectivity index (χ3n) is 22.2. The van der Waals surface area contributed by atoms with Gasteiger partial charge in [0, 0.05) is 0 Å². The molecule has 0 fully saturated rings. The van der Waals surface area contributed by atoms with E-state index in [9.17, 15) is 42.5 Å². The van der Waals surface area contributed by atoms with Crippen molar-refractivity contribution >= 4 is 172 Å². The van der Waals surface area contributed by atoms with Gasteiger partial charge in [0.25, 0.3) is 0 Å². The molecule has 28 rings (SSSR count). The van der Waals surface area contributed by atoms with E-state index >= 15 is 0 Å². The number of hydrogen-bond acceptors (Lipinski definition) is 0. The van der Waals surface area contributed by atoms with Crippen LogP contribution in [0.4, 0.5) is 0 Å². The molecule has 0 N–H and O–H groups in total. The largest absolute Gasteiger partial charge is 0.0636 e. The predicted molar refractivity (Wildman–Crippen MR) is 588 cm³/mol. The lowest BCUT2D eigenvalue weighted by molar-refractivity contribution is 1.64. The van der Waals surface area contributed by atoms with Crippen molar-refractivity contribution in [3.63, 3.8) is 0 Å². The molecule has 0 saturated carbocycles. The van der Waals surface area contributed by atoms with Crippen LogP contribution in [-0.2, 0) is 0 Å². The Morgan fingerprint density at radius 3 is 0.684 bits per heavy atom. The monoisotopic (exact) mass is 1810 g/mol. The van der Waals surface area contributed by atoms with Crippen LogP contribution in [-0.4, -0.2) is 0 Å². The van der Waals surface area contributed by atoms with Crippen molar-refractivity contribution in [1.29, 1.82) is 0 Å². The summed E-state index contributed by atoms with van der Waals surface area (Å²) < 4.78 is 780. The average molecular weight is 1810 g/mol. The van der Waals surface area contributed by atoms with Gasteiger partial charge in [0.1, 0.15) is 0 Å². The number of hydrogen-bond donors (Lipinski definition) is 0. The van der Waals surface area contributed by atoms with Gasteiger partial charge in [0.15, 0.2) is 0 Å². The minimum Gasteiger partial charge on any atom is -0.0622 e. The lowest BCUT2D eigenvalue weighted by Crippen LogP contribution is -1.93. The van der Waals surface area contributed by atoms with Crippen LogP contribution in [0.2, 0.25) is 0 Å². The smallest absolute Gasteiger partial charge is 0.0622 e. The molecule has 0 aliphatic rings. The Morgan fingerprint density at radius 1 is 0.0882 bits per heavy atom. The van der Waals surface area contributed by atoms with E-state index in [1.165, 1.54) is 0 Å². The van der Waals surface area contributed by atoms with Gasteiger partial charge in [-0.05, 0) is 327 Å². The van der Waals surface area contributed by atoms with Crippen molar-refractivity contribution in [2.75, 3.05) is 0 Å². The summed E-state index contributed by atoms with van der Waals surface area (Å²) in [5, 5.41) is -23.5. The van der Waals surface area contributed by atoms with Crippen LogP contribution < -0.4 is 0 Å². The van der Waals surface area contributed by atoms with Crippen LogP contribution in [0.3, 0.4) is 0 Å². The summed E-state index contributed by atoms with van der Waals surface area (Å²) in [6, 6.07) is -84.1. The molecular formula is C136H86. The lowest BCUT2D eigenvalue weighted by atomic mass is 9.82. The normalized spacial score (nSPS) is 20.5. The summed E-state index contributed by atoms with van der Waals surface area (Å²) in [6.07, 6.45) is 0. The second-order valence-corrected chi connectivity index (χ2v) is 29.5. The first-order valence-corrected chi connectivity index (χ1v) is 40.2. The lowest BCUT2D eigenvalue weighted by Gasteiger charge is -2.21. The molecule has 0 spiro atoms. The van der Waals surface area contributed by atoms with Crippen molar-refractivity contribution in [3.05, 3.63) is 520 Å². The van der Waals surface area contributed by atoms with Gasteiger partial charge in [-0.1, -0.05) is 465 Å². The van der Waals surface area contributed by atoms with Gasteiger partial charge < -0.3 is 0 Å². The van der Waals surface area contributed by atoms with Crippen molar-refractivity contribution in [2.45, 2.75) is 0 Å². The van der Waals surface area contributed by atoms with Gasteiger partial charge in [-0.15, -0.1) is 0 Å². The van der Waals surface area contributed by atoms with E-state index < -0.39 is 792 Å². The average Bonchev–Trinajstić information content (AvgIpc) is 0.676. The van der Waals surface area contributed by atoms with E-state index in [1.807, 2.05) is 0 Å². The number of benzene rings is 28. The van der Waals surface area contributed by atoms with Gasteiger partial charge in [-0.2, -0.15) is 0 Å². The summed E-state index contributed by atoms with van der Waals surface area (Å²) in [5.41, 5.74) is -15.3. The fourth-order valence-electron chi connectivity index (χ4n) is 16.5. The predicted octanol–water partition coefficient (Wildman–Crippen LogP) is 38.5. The SMILES string of the molecule is [2H]c1c([2H])c([2H])c(-c2c([2H])c([2H])c3c(-c4c([2H])c([2H])c5c([2H])c([2H])c([2H])c([2H])c5c4[2H])c4c([2H])c([2H])c([2H])c([2H])c4c(-c4c([2H])c5c([2H])c([2H])c([2H])c([2H])c5c5c([2H])c([2H])c([2H])c([2H])c45)c3c2[2H])c([2H])c1[2H].[2H]c1c([2H])c([2H])c(-c2c([2H])c([2H])c3c(-c4c([2H])c5c([2H])c([2H])c([2H])c([2H])c5c5c([2H])c([2H])c([2H])c([2H])c45)c4c([2H])c([2H])c([2H])c([2H])c4c(-c4c([2H])c([2H])c5c([2H])c([2H])c([2H])c([2H])c5c4[2H])c3c2[2H])c([2H])c1[2H].[2H]c1c([2H])c([2H])c2c([2H])c(-c3c4c([2H])c([2H])c([2H])c([2H])c4c(-c4c([2H])c5c([2H])c([2H])c([2H])c([2H])c5c5c([2H])c([2H])c([2H])c([2H])c45)c4c([2H])c([2H])c(-c5c([2H])c([2H])c([2H])c6c([2H])c([2H])c([2H])c([2H])c56)c([2H])c34)c([2H])c([2H])c2c1[2H]. The van der Waals surface area contributed by atoms with Gasteiger partial charge in [0.05, 0.1) is 118 Å². The van der Waals surface area contributed by atoms with Crippen LogP contribution in [0.25, 0.3) is 273 Å². The molecule has 0 bridgehead atoms. The maximum absolute atomic E-state index is 10.3. The zero-order chi connectivity index (χ0) is 165. The second kappa shape index (κ2) is 33.3. The highest BCUT2D eigenvalue weighted by Gasteiger charge is 2.26. The Bertz CT molecular complexity index is 15400. The zero-order valence-corrected chi connectivity index (χ0v) is 68.0. The Balaban J connectivity index is 0.000000153. The van der Waals surface area contributed by atoms with Crippen molar-refractivity contribution < 1.29 is 118 Å². The molecule has 0 unspecified atom stereocenters. The highest BCUT2D eigenvalue weighted by molar-refractivity contribution is 6.31. The fourth-order valence-corrected chi connectivity index (χ4v) is 16.5. The zero-order valence-electron chi connectivity index (χ0n) is 154. The third-order valence-corrected chi connectivity index (χ3v) is 22.2. The number of fused-ring (bicyclic) bond motifs is 19. The molecule has 0 radical (unpaired) electrons. The molecule has 0 aliphatic heterocycles. The molecule has 0 aliphatic carbocycles. The molecule has 0 heteroatoms. The van der Waals surface area contributed by atoms with Gasteiger partial charge in [0.2, 0.25) is 0 Å². The Morgan fingerprint density at radius 2 is 0.316 bits per heavy atom. The summed E-state index contributed by atoms with van der Waals surface area (Å²) in [6.45, 7) is 0. The first-order valence-electron chi connectivity index (χ1n) is 83.2. The molecule has 0 saturated heterocycles. The van der Waals surface area contributed by atoms with E-state index in [1.54, 1.807) is 0 Å². The summed E-state index contributed by atoms with van der Waals surface area (Å²) in [7, 11) is 0. The van der Waals surface area contributed by atoms with Crippen LogP contribution in [0.15, 0.2) is 520 Å². The molecular weight excluding hydrogens is 1630 g/mol. The molecule has 0 amide bonds. The standard InChI is InChI=1S/C48H30.2C44H28/c1-2-14-33-28-36(25-24-31(33)12-1)47-42-21-9-10-22-43(42)48(45-29-34-15-4-6-18-39(34)40-19-7-8-20-41(40)45)44-27-26-35(30-46(44)47)38-23-11-16-32-13-3-5-17-37(32)38;1-2-12-29(13-3-1)32-24-25-40-42(27-32)43(34-23-22-30-14-4-5-15-31(30)26-34)38-20-10-11-21-39(38)44(40)41-28-33-16-6-7-17-35(33)36-18-8-9-19-37(36)41;1-2-12-29(13-3-1)32-24-25-40-42(27-32)44(41-28-33-16-6-7-17-35(33)36-18-8-9-19-37(36)41)39-21-11-10-20-38(39)43(40)34-23-22-30-14-4-5-15-31(30)26-34/h1-30H;2*1-28H/i1D,2D,3D,4D,5D,6D,7D,8D,9D,10D,11D,12D,13D,14D,15D,16D,17D,18D,19D,20D,21D,22D,23D,24D,25D,26D,27D,28D,29D,30D;2*1D,2D,3D,4D,5D,6D,7D,8D,9D,10D,11D,12D,13D,14D,15D,16D,17D,18D,19D,20D,21D,22D,23D,24D,25D,26D,27D,28D. The number of rotatable bonds is 9. The van der Waals surface area contributed by atoms with Crippen molar-refractivity contribution in [3.8, 4) is 100 Å². The molecule has 0 heterocycles. The van der Waals surface area contributed by atoms with Crippen LogP contribution in [0, 0.1) is 0 Å². The van der Waals surface area contributed by atoms with E-state index in [0.717, 1.165) is 0 Å². The molecule has 0 aromatic heterocycles. The molecule has 630 valence electrons. The van der Waals surface area contributed by atoms with E-state index in [4.69, 9.17) is 75.4 Å². The minimum absolute atomic E-state index is 0.581. The second-order valence-electron chi connectivity index (χ2n) is 29.5. The topological polar surface area (TPSA) is 0 Å². The van der Waals surface area contributed by atoms with E-state index in [0.29, 0.717) is 0 Å². The quantitative estimate of drug-likeness (QED) is 0.0998. The van der Waals surface area contributed by atoms with Crippen LogP contribution >= 0.6 is 0 Å². The highest BCUT2D eigenvalue weighted by Crippen LogP contribution is 2.53. The third kappa shape index (κ3) is 13.6. The van der Waals surface area contributed by atoms with E-state index in [2.05, 4.69) is 0 Å². The minimum atomic E-state index is -1.17. The first kappa shape index (κ1) is 31.0. The van der Waals surface area contributed by atoms with Crippen LogP contribution in [0.1, 0.15) is 118 Å². The maximum atomic E-state index is 10.3. The van der Waals surface area contributed by atoms with Gasteiger partial charge in [-0.25, -0.2) is 0 Å². The van der Waals surface area contributed by atoms with Crippen molar-refractivity contribution in [1.82, 2.24) is 0 Å².